The highest BCUT2D eigenvalue weighted by atomic mass is 32.2. The minimum Gasteiger partial charge on any atom is -0.477 e. The second-order valence-electron chi connectivity index (χ2n) is 6.97. The van der Waals surface area contributed by atoms with Crippen LogP contribution in [0.2, 0.25) is 0 Å². The number of nitro groups is 1. The summed E-state index contributed by atoms with van der Waals surface area (Å²) in [6, 6.07) is -1.03. The van der Waals surface area contributed by atoms with Crippen LogP contribution in [0, 0.1) is 10.1 Å². The Morgan fingerprint density at radius 3 is 2.82 bits per heavy atom. The van der Waals surface area contributed by atoms with E-state index in [9.17, 15) is 29.6 Å². The van der Waals surface area contributed by atoms with Crippen molar-refractivity contribution in [1.82, 2.24) is 40.2 Å². The topological polar surface area (TPSA) is 191 Å². The van der Waals surface area contributed by atoms with E-state index >= 15 is 0 Å². The summed E-state index contributed by atoms with van der Waals surface area (Å²) in [5, 5.41) is 38.3. The molecule has 17 heteroatoms. The van der Waals surface area contributed by atoms with Gasteiger partial charge < -0.3 is 10.4 Å². The van der Waals surface area contributed by atoms with Crippen molar-refractivity contribution >= 4 is 47.0 Å². The van der Waals surface area contributed by atoms with Gasteiger partial charge in [-0.05, 0) is 22.9 Å². The highest BCUT2D eigenvalue weighted by Gasteiger charge is 2.54. The number of aliphatic carboxylic acids is 1. The Morgan fingerprint density at radius 1 is 1.45 bits per heavy atom. The summed E-state index contributed by atoms with van der Waals surface area (Å²) in [6.07, 6.45) is 1.14. The molecule has 0 radical (unpaired) electrons. The van der Waals surface area contributed by atoms with Crippen molar-refractivity contribution in [2.75, 3.05) is 11.5 Å². The van der Waals surface area contributed by atoms with Crippen molar-refractivity contribution in [3.05, 3.63) is 33.3 Å². The van der Waals surface area contributed by atoms with Gasteiger partial charge in [0.05, 0.1) is 4.92 Å². The molecule has 33 heavy (non-hydrogen) atoms. The molecule has 0 aromatic carbocycles. The average molecular weight is 496 g/mol. The number of thioether (sulfide) groups is 2. The minimum atomic E-state index is -1.26. The number of fused-ring (bicyclic) bond motifs is 1. The van der Waals surface area contributed by atoms with Gasteiger partial charge in [-0.1, -0.05) is 11.8 Å². The van der Waals surface area contributed by atoms with Crippen LogP contribution in [0.15, 0.2) is 22.6 Å². The highest BCUT2D eigenvalue weighted by Crippen LogP contribution is 2.41. The molecule has 2 atom stereocenters. The maximum absolute atomic E-state index is 12.8. The summed E-state index contributed by atoms with van der Waals surface area (Å²) in [4.78, 5) is 49.0. The smallest absolute Gasteiger partial charge is 0.352 e. The summed E-state index contributed by atoms with van der Waals surface area (Å²) in [5.74, 6) is -2.17. The molecule has 1 saturated heterocycles. The van der Waals surface area contributed by atoms with Crippen LogP contribution in [0.3, 0.4) is 0 Å². The minimum absolute atomic E-state index is 0.141. The van der Waals surface area contributed by atoms with E-state index in [1.165, 1.54) is 32.9 Å². The molecule has 2 N–H and O–H groups in total. The zero-order valence-corrected chi connectivity index (χ0v) is 18.9. The molecule has 2 aliphatic rings. The van der Waals surface area contributed by atoms with Crippen molar-refractivity contribution in [2.45, 2.75) is 30.0 Å². The van der Waals surface area contributed by atoms with Crippen LogP contribution in [0.1, 0.15) is 17.4 Å². The predicted octanol–water partition coefficient (Wildman–Crippen LogP) is -0.521. The molecule has 2 aromatic rings. The molecule has 174 valence electrons. The second-order valence-corrected chi connectivity index (χ2v) is 9.02. The number of amides is 2. The number of carboxylic acids is 1. The normalized spacial score (nSPS) is 19.8. The molecule has 4 rings (SSSR count). The lowest BCUT2D eigenvalue weighted by Crippen LogP contribution is -2.70. The first-order valence-corrected chi connectivity index (χ1v) is 11.5. The van der Waals surface area contributed by atoms with Gasteiger partial charge in [0.15, 0.2) is 0 Å². The van der Waals surface area contributed by atoms with Crippen LogP contribution < -0.4 is 5.32 Å². The maximum atomic E-state index is 12.8. The van der Waals surface area contributed by atoms with E-state index in [1.54, 1.807) is 14.0 Å². The summed E-state index contributed by atoms with van der Waals surface area (Å²) in [7, 11) is 1.65. The van der Waals surface area contributed by atoms with Gasteiger partial charge in [-0.25, -0.2) is 9.48 Å². The number of β-lactam (4-membered cyclic amide) rings is 1. The first-order valence-electron chi connectivity index (χ1n) is 9.50. The number of hydrogen-bond donors (Lipinski definition) is 2. The molecular weight excluding hydrogens is 478 g/mol. The molecular formula is C16H17N9O6S2. The zero-order valence-electron chi connectivity index (χ0n) is 17.2. The molecule has 2 aromatic heterocycles. The molecule has 0 unspecified atom stereocenters. The zero-order chi connectivity index (χ0) is 23.9. The molecule has 2 amide bonds. The average Bonchev–Trinajstić information content (AvgIpc) is 3.41. The van der Waals surface area contributed by atoms with Crippen LogP contribution in [0.4, 0.5) is 5.69 Å². The van der Waals surface area contributed by atoms with Gasteiger partial charge in [0, 0.05) is 25.1 Å². The van der Waals surface area contributed by atoms with E-state index < -0.39 is 45.5 Å². The first kappa shape index (κ1) is 22.7. The van der Waals surface area contributed by atoms with Crippen LogP contribution in [0.5, 0.6) is 0 Å². The number of carbonyl (C=O) groups is 3. The van der Waals surface area contributed by atoms with E-state index in [1.807, 2.05) is 0 Å². The number of tetrazole rings is 1. The van der Waals surface area contributed by atoms with Crippen LogP contribution in [0.25, 0.3) is 0 Å². The molecule has 0 aliphatic carbocycles. The van der Waals surface area contributed by atoms with Gasteiger partial charge in [-0.3, -0.25) is 29.3 Å². The van der Waals surface area contributed by atoms with Crippen molar-refractivity contribution in [1.29, 1.82) is 0 Å². The molecule has 4 heterocycles. The molecule has 1 fully saturated rings. The lowest BCUT2D eigenvalue weighted by molar-refractivity contribution is -0.385. The summed E-state index contributed by atoms with van der Waals surface area (Å²) in [5.41, 5.74) is -0.499. The number of carbonyl (C=O) groups excluding carboxylic acids is 2. The Balaban J connectivity index is 1.51. The first-order chi connectivity index (χ1) is 15.7. The fraction of sp³-hybridized carbons (Fsp3) is 0.438. The number of nitrogens with zero attached hydrogens (tertiary/aromatic N) is 8. The standard InChI is InChI=1S/C16H17N9O6S2/c1-3-23-4-8(25(30)31)9(19-23)12(26)17-10-13(27)24-11(15(28)29)7(5-32-14(10)24)6-33-16-18-20-21-22(16)2/h4,10,14H,3,5-6H2,1-2H3,(H,17,26)(H,28,29)/t10-,14-/m0/s1. The van der Waals surface area contributed by atoms with E-state index in [0.29, 0.717) is 23.0 Å². The van der Waals surface area contributed by atoms with Crippen LogP contribution >= 0.6 is 23.5 Å². The third-order valence-corrected chi connectivity index (χ3v) is 7.41. The third-order valence-electron chi connectivity index (χ3n) is 4.97. The van der Waals surface area contributed by atoms with E-state index in [0.717, 1.165) is 11.1 Å². The SMILES string of the molecule is CCn1cc([N+](=O)[O-])c(C(=O)N[C@H]2C(=O)N3C(C(=O)O)=C(CSc4nnnn4C)CS[C@@H]23)n1. The fourth-order valence-corrected chi connectivity index (χ4v) is 5.70. The highest BCUT2D eigenvalue weighted by molar-refractivity contribution is 8.01. The lowest BCUT2D eigenvalue weighted by atomic mass is 10.0. The van der Waals surface area contributed by atoms with Crippen molar-refractivity contribution in [3.8, 4) is 0 Å². The lowest BCUT2D eigenvalue weighted by Gasteiger charge is -2.49. The number of rotatable bonds is 8. The van der Waals surface area contributed by atoms with Crippen LogP contribution in [-0.2, 0) is 23.2 Å². The van der Waals surface area contributed by atoms with Crippen LogP contribution in [-0.4, -0.2) is 85.6 Å². The van der Waals surface area contributed by atoms with E-state index in [2.05, 4.69) is 25.9 Å². The van der Waals surface area contributed by atoms with Gasteiger partial charge in [0.2, 0.25) is 10.9 Å². The monoisotopic (exact) mass is 495 g/mol. The van der Waals surface area contributed by atoms with E-state index in [-0.39, 0.29) is 11.4 Å². The number of carboxylic acid groups (broad SMARTS) is 1. The van der Waals surface area contributed by atoms with Gasteiger partial charge >= 0.3 is 11.7 Å². The molecule has 0 bridgehead atoms. The Hall–Kier alpha value is -3.47. The Bertz CT molecular complexity index is 1190. The Labute approximate surface area is 193 Å². The summed E-state index contributed by atoms with van der Waals surface area (Å²) in [6.45, 7) is 2.03. The Kier molecular flexibility index (Phi) is 6.07. The number of nitrogens with one attached hydrogen (secondary N) is 1. The van der Waals surface area contributed by atoms with Gasteiger partial charge in [-0.15, -0.1) is 16.9 Å². The molecule has 15 nitrogen and oxygen atoms in total. The van der Waals surface area contributed by atoms with Gasteiger partial charge in [0.1, 0.15) is 23.3 Å². The largest absolute Gasteiger partial charge is 0.477 e. The molecule has 2 aliphatic heterocycles. The third kappa shape index (κ3) is 4.04. The molecule has 0 spiro atoms. The molecule has 0 saturated carbocycles. The summed E-state index contributed by atoms with van der Waals surface area (Å²) >= 11 is 2.53. The van der Waals surface area contributed by atoms with Crippen molar-refractivity contribution in [3.63, 3.8) is 0 Å². The quantitative estimate of drug-likeness (QED) is 0.206. The maximum Gasteiger partial charge on any atom is 0.352 e. The summed E-state index contributed by atoms with van der Waals surface area (Å²) < 4.78 is 2.70. The van der Waals surface area contributed by atoms with Crippen molar-refractivity contribution < 1.29 is 24.4 Å². The fourth-order valence-electron chi connectivity index (χ4n) is 3.37. The predicted molar refractivity (Wildman–Crippen MR) is 113 cm³/mol. The van der Waals surface area contributed by atoms with Crippen molar-refractivity contribution in [2.24, 2.45) is 7.05 Å². The number of aryl methyl sites for hydroxylation is 2. The number of hydrogen-bond acceptors (Lipinski definition) is 11. The Morgan fingerprint density at radius 2 is 2.21 bits per heavy atom. The van der Waals surface area contributed by atoms with Gasteiger partial charge in [-0.2, -0.15) is 5.10 Å². The van der Waals surface area contributed by atoms with Gasteiger partial charge in [0.25, 0.3) is 11.8 Å². The second kappa shape index (κ2) is 8.81. The number of aromatic nitrogens is 6. The van der Waals surface area contributed by atoms with E-state index in [4.69, 9.17) is 0 Å².